The summed E-state index contributed by atoms with van der Waals surface area (Å²) in [7, 11) is 0. The van der Waals surface area contributed by atoms with E-state index in [0.29, 0.717) is 0 Å². The molecule has 3 nitrogen and oxygen atoms in total. The second-order valence-corrected chi connectivity index (χ2v) is 3.03. The van der Waals surface area contributed by atoms with Gasteiger partial charge in [0.25, 0.3) is 0 Å². The monoisotopic (exact) mass is 166 g/mol. The van der Waals surface area contributed by atoms with Crippen molar-refractivity contribution in [1.29, 1.82) is 0 Å². The van der Waals surface area contributed by atoms with Gasteiger partial charge in [0.15, 0.2) is 0 Å². The van der Waals surface area contributed by atoms with Crippen LogP contribution in [0.5, 0.6) is 0 Å². The van der Waals surface area contributed by atoms with Gasteiger partial charge in [0.1, 0.15) is 0 Å². The summed E-state index contributed by atoms with van der Waals surface area (Å²) in [4.78, 5) is 4.03. The van der Waals surface area contributed by atoms with E-state index in [4.69, 9.17) is 5.73 Å². The third-order valence-electron chi connectivity index (χ3n) is 1.76. The van der Waals surface area contributed by atoms with Crippen molar-refractivity contribution < 1.29 is 5.11 Å². The topological polar surface area (TPSA) is 59.1 Å². The first kappa shape index (κ1) is 9.16. The van der Waals surface area contributed by atoms with Crippen molar-refractivity contribution in [2.75, 3.05) is 0 Å². The number of hydrogen-bond donors (Lipinski definition) is 2. The fourth-order valence-corrected chi connectivity index (χ4v) is 1.06. The molecule has 0 bridgehead atoms. The summed E-state index contributed by atoms with van der Waals surface area (Å²) in [5.41, 5.74) is 7.27. The highest BCUT2D eigenvalue weighted by Crippen LogP contribution is 2.14. The molecule has 1 aromatic rings. The summed E-state index contributed by atoms with van der Waals surface area (Å²) >= 11 is 0. The molecule has 0 amide bonds. The average Bonchev–Trinajstić information content (AvgIpc) is 2.03. The van der Waals surface area contributed by atoms with Crippen LogP contribution in [-0.2, 0) is 0 Å². The van der Waals surface area contributed by atoms with Gasteiger partial charge in [-0.3, -0.25) is 4.98 Å². The van der Waals surface area contributed by atoms with Gasteiger partial charge in [-0.1, -0.05) is 0 Å². The van der Waals surface area contributed by atoms with Gasteiger partial charge in [-0.2, -0.15) is 0 Å². The molecule has 0 saturated heterocycles. The van der Waals surface area contributed by atoms with Crippen molar-refractivity contribution in [2.24, 2.45) is 5.73 Å². The normalized spacial score (nSPS) is 15.7. The first-order valence-electron chi connectivity index (χ1n) is 3.97. The number of aliphatic hydroxyl groups is 1. The predicted molar refractivity (Wildman–Crippen MR) is 47.6 cm³/mol. The van der Waals surface area contributed by atoms with E-state index in [2.05, 4.69) is 4.98 Å². The lowest BCUT2D eigenvalue weighted by atomic mass is 10.1. The smallest absolute Gasteiger partial charge is 0.0939 e. The Morgan fingerprint density at radius 1 is 1.58 bits per heavy atom. The van der Waals surface area contributed by atoms with Gasteiger partial charge in [-0.25, -0.2) is 0 Å². The van der Waals surface area contributed by atoms with Gasteiger partial charge in [0.2, 0.25) is 0 Å². The van der Waals surface area contributed by atoms with Crippen LogP contribution in [0.3, 0.4) is 0 Å². The van der Waals surface area contributed by atoms with Crippen LogP contribution in [0, 0.1) is 6.92 Å². The number of nitrogens with zero attached hydrogens (tertiary/aromatic N) is 1. The maximum absolute atomic E-state index is 9.57. The standard InChI is InChI=1S/C9H14N2O/c1-6-5-8(3-4-11-6)9(12)7(2)10/h3-5,7,9,12H,10H2,1-2H3/t7-,9-/m1/s1. The minimum Gasteiger partial charge on any atom is -0.387 e. The number of nitrogens with two attached hydrogens (primary N) is 1. The van der Waals surface area contributed by atoms with E-state index >= 15 is 0 Å². The number of hydrogen-bond acceptors (Lipinski definition) is 3. The zero-order chi connectivity index (χ0) is 9.14. The summed E-state index contributed by atoms with van der Waals surface area (Å²) in [5.74, 6) is 0. The fourth-order valence-electron chi connectivity index (χ4n) is 1.06. The molecule has 0 aliphatic rings. The van der Waals surface area contributed by atoms with E-state index in [0.717, 1.165) is 11.3 Å². The fraction of sp³-hybridized carbons (Fsp3) is 0.444. The molecule has 0 fully saturated rings. The SMILES string of the molecule is Cc1cc([C@H](O)[C@@H](C)N)ccn1. The third kappa shape index (κ3) is 2.03. The second kappa shape index (κ2) is 3.65. The Labute approximate surface area is 72.2 Å². The van der Waals surface area contributed by atoms with Crippen molar-refractivity contribution in [3.63, 3.8) is 0 Å². The molecule has 0 aliphatic heterocycles. The van der Waals surface area contributed by atoms with E-state index in [1.807, 2.05) is 13.0 Å². The van der Waals surface area contributed by atoms with Crippen molar-refractivity contribution in [2.45, 2.75) is 26.0 Å². The van der Waals surface area contributed by atoms with Gasteiger partial charge in [-0.15, -0.1) is 0 Å². The van der Waals surface area contributed by atoms with E-state index in [-0.39, 0.29) is 6.04 Å². The Hall–Kier alpha value is -0.930. The number of aryl methyl sites for hydroxylation is 1. The zero-order valence-electron chi connectivity index (χ0n) is 7.36. The summed E-state index contributed by atoms with van der Waals surface area (Å²) < 4.78 is 0. The van der Waals surface area contributed by atoms with Gasteiger partial charge in [0, 0.05) is 17.9 Å². The highest BCUT2D eigenvalue weighted by atomic mass is 16.3. The van der Waals surface area contributed by atoms with Crippen LogP contribution in [0.15, 0.2) is 18.3 Å². The molecule has 0 saturated carbocycles. The van der Waals surface area contributed by atoms with E-state index in [1.54, 1.807) is 19.2 Å². The Balaban J connectivity index is 2.88. The summed E-state index contributed by atoms with van der Waals surface area (Å²) in [6.07, 6.45) is 1.09. The second-order valence-electron chi connectivity index (χ2n) is 3.03. The van der Waals surface area contributed by atoms with Crippen LogP contribution in [0.1, 0.15) is 24.3 Å². The lowest BCUT2D eigenvalue weighted by molar-refractivity contribution is 0.153. The minimum absolute atomic E-state index is 0.244. The molecule has 1 heterocycles. The molecule has 1 rings (SSSR count). The quantitative estimate of drug-likeness (QED) is 0.682. The molecule has 2 atom stereocenters. The highest BCUT2D eigenvalue weighted by Gasteiger charge is 2.11. The van der Waals surface area contributed by atoms with Gasteiger partial charge >= 0.3 is 0 Å². The molecule has 0 unspecified atom stereocenters. The highest BCUT2D eigenvalue weighted by molar-refractivity contribution is 5.18. The first-order chi connectivity index (χ1) is 5.61. The number of rotatable bonds is 2. The molecule has 0 radical (unpaired) electrons. The summed E-state index contributed by atoms with van der Waals surface area (Å²) in [5, 5.41) is 9.57. The van der Waals surface area contributed by atoms with Crippen LogP contribution in [-0.4, -0.2) is 16.1 Å². The molecular formula is C9H14N2O. The zero-order valence-corrected chi connectivity index (χ0v) is 7.36. The molecule has 0 aromatic carbocycles. The largest absolute Gasteiger partial charge is 0.387 e. The van der Waals surface area contributed by atoms with Gasteiger partial charge in [0.05, 0.1) is 6.10 Å². The maximum atomic E-state index is 9.57. The van der Waals surface area contributed by atoms with Crippen LogP contribution in [0.4, 0.5) is 0 Å². The van der Waals surface area contributed by atoms with Crippen LogP contribution in [0.2, 0.25) is 0 Å². The Bertz CT molecular complexity index is 260. The Morgan fingerprint density at radius 3 is 2.75 bits per heavy atom. The molecule has 66 valence electrons. The molecule has 12 heavy (non-hydrogen) atoms. The first-order valence-corrected chi connectivity index (χ1v) is 3.97. The van der Waals surface area contributed by atoms with Gasteiger partial charge < -0.3 is 10.8 Å². The van der Waals surface area contributed by atoms with Crippen molar-refractivity contribution in [3.8, 4) is 0 Å². The lowest BCUT2D eigenvalue weighted by Gasteiger charge is -2.14. The predicted octanol–water partition coefficient (Wildman–Crippen LogP) is 0.771. The molecule has 0 aliphatic carbocycles. The van der Waals surface area contributed by atoms with Crippen molar-refractivity contribution >= 4 is 0 Å². The van der Waals surface area contributed by atoms with E-state index in [1.165, 1.54) is 0 Å². The number of aromatic nitrogens is 1. The van der Waals surface area contributed by atoms with Crippen LogP contribution in [0.25, 0.3) is 0 Å². The van der Waals surface area contributed by atoms with Crippen LogP contribution >= 0.6 is 0 Å². The Morgan fingerprint density at radius 2 is 2.25 bits per heavy atom. The molecular weight excluding hydrogens is 152 g/mol. The third-order valence-corrected chi connectivity index (χ3v) is 1.76. The van der Waals surface area contributed by atoms with E-state index in [9.17, 15) is 5.11 Å². The van der Waals surface area contributed by atoms with E-state index < -0.39 is 6.10 Å². The maximum Gasteiger partial charge on any atom is 0.0939 e. The summed E-state index contributed by atoms with van der Waals surface area (Å²) in [6.45, 7) is 3.66. The van der Waals surface area contributed by atoms with Gasteiger partial charge in [-0.05, 0) is 31.5 Å². The Kier molecular flexibility index (Phi) is 2.78. The minimum atomic E-state index is -0.591. The lowest BCUT2D eigenvalue weighted by Crippen LogP contribution is -2.24. The summed E-state index contributed by atoms with van der Waals surface area (Å²) in [6, 6.07) is 3.38. The molecule has 1 aromatic heterocycles. The van der Waals surface area contributed by atoms with Crippen molar-refractivity contribution in [1.82, 2.24) is 4.98 Å². The van der Waals surface area contributed by atoms with Crippen LogP contribution < -0.4 is 5.73 Å². The molecule has 3 N–H and O–H groups in total. The number of aliphatic hydroxyl groups excluding tert-OH is 1. The number of pyridine rings is 1. The average molecular weight is 166 g/mol. The molecule has 0 spiro atoms. The van der Waals surface area contributed by atoms with Crippen molar-refractivity contribution in [3.05, 3.63) is 29.6 Å². The molecule has 3 heteroatoms.